The maximum atomic E-state index is 12.7. The number of amides is 1. The molecule has 6 nitrogen and oxygen atoms in total. The minimum atomic E-state index is -0.470. The van der Waals surface area contributed by atoms with E-state index in [1.807, 2.05) is 55.6 Å². The van der Waals surface area contributed by atoms with Crippen LogP contribution < -0.4 is 0 Å². The molecule has 4 rings (SSSR count). The van der Waals surface area contributed by atoms with Crippen molar-refractivity contribution in [1.29, 1.82) is 0 Å². The van der Waals surface area contributed by atoms with E-state index < -0.39 is 5.60 Å². The number of fused-ring (bicyclic) bond motifs is 3. The van der Waals surface area contributed by atoms with Gasteiger partial charge in [-0.1, -0.05) is 6.08 Å². The second-order valence-corrected chi connectivity index (χ2v) is 8.37. The van der Waals surface area contributed by atoms with Gasteiger partial charge in [0.25, 0.3) is 0 Å². The van der Waals surface area contributed by atoms with Crippen LogP contribution >= 0.6 is 0 Å². The topological polar surface area (TPSA) is 59.7 Å². The highest BCUT2D eigenvalue weighted by atomic mass is 16.6. The second-order valence-electron chi connectivity index (χ2n) is 8.37. The summed E-state index contributed by atoms with van der Waals surface area (Å²) in [5.41, 5.74) is 3.68. The van der Waals surface area contributed by atoms with E-state index in [1.54, 1.807) is 0 Å². The van der Waals surface area contributed by atoms with Gasteiger partial charge in [-0.15, -0.1) is 0 Å². The fourth-order valence-electron chi connectivity index (χ4n) is 4.00. The number of hydrogen-bond acceptors (Lipinski definition) is 4. The van der Waals surface area contributed by atoms with Crippen molar-refractivity contribution >= 4 is 17.3 Å². The van der Waals surface area contributed by atoms with Crippen LogP contribution in [0.2, 0.25) is 0 Å². The molecule has 6 heteroatoms. The number of aryl methyl sites for hydroxylation is 1. The molecule has 0 aliphatic carbocycles. The summed E-state index contributed by atoms with van der Waals surface area (Å²) in [6.07, 6.45) is 9.97. The van der Waals surface area contributed by atoms with E-state index in [0.717, 1.165) is 42.6 Å². The average Bonchev–Trinajstić information content (AvgIpc) is 2.91. The first-order valence-corrected chi connectivity index (χ1v) is 9.34. The fourth-order valence-corrected chi connectivity index (χ4v) is 4.00. The average molecular weight is 354 g/mol. The first kappa shape index (κ1) is 17.1. The zero-order valence-electron chi connectivity index (χ0n) is 15.9. The van der Waals surface area contributed by atoms with Crippen molar-refractivity contribution in [1.82, 2.24) is 19.5 Å². The third-order valence-corrected chi connectivity index (χ3v) is 5.05. The highest BCUT2D eigenvalue weighted by molar-refractivity contribution is 5.74. The zero-order chi connectivity index (χ0) is 18.5. The Balaban J connectivity index is 1.64. The number of ether oxygens (including phenoxy) is 1. The lowest BCUT2D eigenvalue weighted by atomic mass is 9.83. The molecule has 1 fully saturated rings. The van der Waals surface area contributed by atoms with Crippen LogP contribution in [0.1, 0.15) is 57.7 Å². The quantitative estimate of drug-likeness (QED) is 0.777. The number of piperidine rings is 1. The van der Waals surface area contributed by atoms with Crippen LogP contribution in [-0.2, 0) is 4.74 Å². The van der Waals surface area contributed by atoms with E-state index in [-0.39, 0.29) is 18.2 Å². The summed E-state index contributed by atoms with van der Waals surface area (Å²) >= 11 is 0. The molecule has 1 amide bonds. The fraction of sp³-hybridized carbons (Fsp3) is 0.550. The normalized spacial score (nSPS) is 23.1. The molecular weight excluding hydrogens is 328 g/mol. The number of rotatable bonds is 1. The molecule has 2 aliphatic heterocycles. The molecule has 2 bridgehead atoms. The summed E-state index contributed by atoms with van der Waals surface area (Å²) in [6.45, 7) is 7.72. The van der Waals surface area contributed by atoms with Gasteiger partial charge in [0.2, 0.25) is 0 Å². The van der Waals surface area contributed by atoms with Gasteiger partial charge in [-0.25, -0.2) is 14.3 Å². The van der Waals surface area contributed by atoms with Gasteiger partial charge >= 0.3 is 6.09 Å². The van der Waals surface area contributed by atoms with Crippen molar-refractivity contribution in [2.45, 2.75) is 71.1 Å². The van der Waals surface area contributed by atoms with Crippen LogP contribution in [0.15, 0.2) is 24.5 Å². The number of carbonyl (C=O) groups excluding carboxylic acids is 1. The van der Waals surface area contributed by atoms with Crippen molar-refractivity contribution < 1.29 is 9.53 Å². The van der Waals surface area contributed by atoms with Gasteiger partial charge < -0.3 is 4.74 Å². The van der Waals surface area contributed by atoms with Crippen molar-refractivity contribution in [2.75, 3.05) is 0 Å². The number of nitrogens with zero attached hydrogens (tertiary/aromatic N) is 4. The van der Waals surface area contributed by atoms with E-state index >= 15 is 0 Å². The molecule has 2 unspecified atom stereocenters. The molecule has 0 saturated carbocycles. The van der Waals surface area contributed by atoms with Crippen LogP contribution in [-0.4, -0.2) is 43.3 Å². The Hall–Kier alpha value is -2.37. The van der Waals surface area contributed by atoms with E-state index in [1.165, 1.54) is 5.57 Å². The Morgan fingerprint density at radius 1 is 1.31 bits per heavy atom. The molecule has 4 heterocycles. The Kier molecular flexibility index (Phi) is 4.01. The number of carbonyl (C=O) groups is 1. The molecule has 0 spiro atoms. The molecule has 1 saturated heterocycles. The Labute approximate surface area is 153 Å². The Morgan fingerprint density at radius 3 is 2.85 bits per heavy atom. The van der Waals surface area contributed by atoms with Crippen LogP contribution in [0.4, 0.5) is 4.79 Å². The summed E-state index contributed by atoms with van der Waals surface area (Å²) in [5.74, 6) is 0. The highest BCUT2D eigenvalue weighted by Crippen LogP contribution is 2.37. The van der Waals surface area contributed by atoms with Crippen molar-refractivity contribution in [3.63, 3.8) is 0 Å². The van der Waals surface area contributed by atoms with E-state index in [2.05, 4.69) is 16.2 Å². The molecule has 138 valence electrons. The lowest BCUT2D eigenvalue weighted by Gasteiger charge is -2.45. The first-order chi connectivity index (χ1) is 12.3. The van der Waals surface area contributed by atoms with Gasteiger partial charge in [-0.3, -0.25) is 4.90 Å². The molecule has 0 N–H and O–H groups in total. The summed E-state index contributed by atoms with van der Waals surface area (Å²) in [4.78, 5) is 19.2. The van der Waals surface area contributed by atoms with Crippen molar-refractivity contribution in [3.05, 3.63) is 35.8 Å². The standard InChI is InChI=1S/C20H26N4O2/c1-13-8-18-21-11-15(12-23(18)22-13)14-9-16-6-5-7-17(10-14)24(16)19(25)26-20(2,3)4/h8-9,11-12,16-17H,5-7,10H2,1-4H3. The Bertz CT molecular complexity index is 878. The predicted molar refractivity (Wildman–Crippen MR) is 99.8 cm³/mol. The van der Waals surface area contributed by atoms with Crippen LogP contribution in [0.5, 0.6) is 0 Å². The minimum Gasteiger partial charge on any atom is -0.444 e. The monoisotopic (exact) mass is 354 g/mol. The molecule has 2 atom stereocenters. The van der Waals surface area contributed by atoms with Gasteiger partial charge in [-0.05, 0) is 59.0 Å². The van der Waals surface area contributed by atoms with Crippen molar-refractivity contribution in [2.24, 2.45) is 0 Å². The highest BCUT2D eigenvalue weighted by Gasteiger charge is 2.39. The zero-order valence-corrected chi connectivity index (χ0v) is 15.9. The largest absolute Gasteiger partial charge is 0.444 e. The SMILES string of the molecule is Cc1cc2ncc(C3=CC4CCCC(C3)N4C(=O)OC(C)(C)C)cn2n1. The van der Waals surface area contributed by atoms with Crippen LogP contribution in [0, 0.1) is 6.92 Å². The summed E-state index contributed by atoms with van der Waals surface area (Å²) in [5, 5.41) is 4.47. The lowest BCUT2D eigenvalue weighted by molar-refractivity contribution is 0.0000832. The molecule has 0 radical (unpaired) electrons. The van der Waals surface area contributed by atoms with Crippen LogP contribution in [0.3, 0.4) is 0 Å². The second kappa shape index (κ2) is 6.11. The lowest BCUT2D eigenvalue weighted by Crippen LogP contribution is -2.53. The molecule has 0 aromatic carbocycles. The number of hydrogen-bond donors (Lipinski definition) is 0. The van der Waals surface area contributed by atoms with Gasteiger partial charge in [-0.2, -0.15) is 5.10 Å². The predicted octanol–water partition coefficient (Wildman–Crippen LogP) is 3.98. The molecular formula is C20H26N4O2. The van der Waals surface area contributed by atoms with Gasteiger partial charge in [0, 0.05) is 30.1 Å². The van der Waals surface area contributed by atoms with Gasteiger partial charge in [0.1, 0.15) is 5.60 Å². The third kappa shape index (κ3) is 3.20. The van der Waals surface area contributed by atoms with E-state index in [0.29, 0.717) is 0 Å². The molecule has 2 aromatic rings. The summed E-state index contributed by atoms with van der Waals surface area (Å²) < 4.78 is 7.48. The summed E-state index contributed by atoms with van der Waals surface area (Å²) in [6, 6.07) is 2.26. The van der Waals surface area contributed by atoms with Gasteiger partial charge in [0.05, 0.1) is 11.7 Å². The molecule has 2 aromatic heterocycles. The van der Waals surface area contributed by atoms with Gasteiger partial charge in [0.15, 0.2) is 5.65 Å². The Morgan fingerprint density at radius 2 is 2.12 bits per heavy atom. The van der Waals surface area contributed by atoms with E-state index in [4.69, 9.17) is 4.74 Å². The van der Waals surface area contributed by atoms with Crippen molar-refractivity contribution in [3.8, 4) is 0 Å². The maximum Gasteiger partial charge on any atom is 0.411 e. The third-order valence-electron chi connectivity index (χ3n) is 5.05. The molecule has 26 heavy (non-hydrogen) atoms. The summed E-state index contributed by atoms with van der Waals surface area (Å²) in [7, 11) is 0. The maximum absolute atomic E-state index is 12.7. The molecule has 2 aliphatic rings. The van der Waals surface area contributed by atoms with E-state index in [9.17, 15) is 4.79 Å². The minimum absolute atomic E-state index is 0.0994. The first-order valence-electron chi connectivity index (χ1n) is 9.34. The smallest absolute Gasteiger partial charge is 0.411 e. The number of aromatic nitrogens is 3. The van der Waals surface area contributed by atoms with Crippen LogP contribution in [0.25, 0.3) is 11.2 Å².